The van der Waals surface area contributed by atoms with Crippen LogP contribution in [0.2, 0.25) is 0 Å². The summed E-state index contributed by atoms with van der Waals surface area (Å²) >= 11 is 0. The van der Waals surface area contributed by atoms with Crippen LogP contribution in [0.3, 0.4) is 0 Å². The molecule has 0 amide bonds. The van der Waals surface area contributed by atoms with Crippen molar-refractivity contribution in [3.05, 3.63) is 0 Å². The Labute approximate surface area is 119 Å². The predicted molar refractivity (Wildman–Crippen MR) is 80.5 cm³/mol. The van der Waals surface area contributed by atoms with Crippen molar-refractivity contribution in [1.29, 1.82) is 0 Å². The first-order valence-electron chi connectivity index (χ1n) is 8.03. The van der Waals surface area contributed by atoms with E-state index in [1.54, 1.807) is 7.11 Å². The second-order valence-electron chi connectivity index (χ2n) is 6.90. The first-order chi connectivity index (χ1) is 9.13. The van der Waals surface area contributed by atoms with E-state index in [2.05, 4.69) is 23.9 Å². The van der Waals surface area contributed by atoms with E-state index >= 15 is 0 Å². The second kappa shape index (κ2) is 7.05. The number of methoxy groups -OCH3 is 1. The summed E-state index contributed by atoms with van der Waals surface area (Å²) in [6.07, 6.45) is 10.3. The molecule has 3 fully saturated rings. The Morgan fingerprint density at radius 2 is 1.26 bits per heavy atom. The molecule has 0 aromatic rings. The molecule has 0 bridgehead atoms. The minimum absolute atomic E-state index is 0.616. The molecule has 0 unspecified atom stereocenters. The molecule has 112 valence electrons. The van der Waals surface area contributed by atoms with Crippen molar-refractivity contribution in [3.8, 4) is 0 Å². The minimum atomic E-state index is 0.616. The van der Waals surface area contributed by atoms with Gasteiger partial charge in [-0.15, -0.1) is 0 Å². The molecule has 1 saturated carbocycles. The molecule has 2 aliphatic heterocycles. The van der Waals surface area contributed by atoms with Gasteiger partial charge in [-0.3, -0.25) is 0 Å². The van der Waals surface area contributed by atoms with Gasteiger partial charge in [0.1, 0.15) is 0 Å². The molecule has 3 nitrogen and oxygen atoms in total. The van der Waals surface area contributed by atoms with Crippen LogP contribution in [-0.4, -0.2) is 63.3 Å². The first-order valence-corrected chi connectivity index (χ1v) is 8.03. The molecule has 1 aliphatic carbocycles. The SMILES string of the molecule is CN1CCC2(CC1)CCN(C)CC2.COC1CCC1. The van der Waals surface area contributed by atoms with E-state index in [4.69, 9.17) is 4.74 Å². The van der Waals surface area contributed by atoms with Crippen LogP contribution in [0.1, 0.15) is 44.9 Å². The number of hydrogen-bond acceptors (Lipinski definition) is 3. The van der Waals surface area contributed by atoms with Gasteiger partial charge in [0.25, 0.3) is 0 Å². The van der Waals surface area contributed by atoms with Crippen LogP contribution < -0.4 is 0 Å². The fourth-order valence-electron chi connectivity index (χ4n) is 3.29. The van der Waals surface area contributed by atoms with Crippen LogP contribution in [0.15, 0.2) is 0 Å². The highest BCUT2D eigenvalue weighted by atomic mass is 16.5. The largest absolute Gasteiger partial charge is 0.381 e. The van der Waals surface area contributed by atoms with Crippen LogP contribution in [0.5, 0.6) is 0 Å². The maximum absolute atomic E-state index is 4.99. The molecule has 0 aromatic carbocycles. The lowest BCUT2D eigenvalue weighted by molar-refractivity contribution is 0.0412. The lowest BCUT2D eigenvalue weighted by Gasteiger charge is -2.45. The molecule has 0 aromatic heterocycles. The number of ether oxygens (including phenoxy) is 1. The number of likely N-dealkylation sites (tertiary alicyclic amines) is 2. The molecule has 0 atom stereocenters. The Hall–Kier alpha value is -0.120. The zero-order valence-corrected chi connectivity index (χ0v) is 13.2. The molecule has 1 spiro atoms. The van der Waals surface area contributed by atoms with Gasteiger partial charge in [-0.05, 0) is 90.6 Å². The third-order valence-electron chi connectivity index (χ3n) is 5.48. The predicted octanol–water partition coefficient (Wildman–Crippen LogP) is 2.61. The summed E-state index contributed by atoms with van der Waals surface area (Å²) < 4.78 is 4.99. The number of nitrogens with zero attached hydrogens (tertiary/aromatic N) is 2. The first kappa shape index (κ1) is 15.3. The summed E-state index contributed by atoms with van der Waals surface area (Å²) in [6, 6.07) is 0. The van der Waals surface area contributed by atoms with Gasteiger partial charge in [0.2, 0.25) is 0 Å². The van der Waals surface area contributed by atoms with E-state index < -0.39 is 0 Å². The van der Waals surface area contributed by atoms with Crippen LogP contribution in [0.4, 0.5) is 0 Å². The van der Waals surface area contributed by atoms with E-state index in [0.29, 0.717) is 6.10 Å². The maximum atomic E-state index is 4.99. The Bertz CT molecular complexity index is 223. The molecule has 2 saturated heterocycles. The Balaban J connectivity index is 0.000000186. The molecule has 3 heteroatoms. The van der Waals surface area contributed by atoms with Crippen molar-refractivity contribution in [3.63, 3.8) is 0 Å². The van der Waals surface area contributed by atoms with Gasteiger partial charge in [0, 0.05) is 7.11 Å². The summed E-state index contributed by atoms with van der Waals surface area (Å²) in [5.41, 5.74) is 0.735. The monoisotopic (exact) mass is 268 g/mol. The van der Waals surface area contributed by atoms with Crippen LogP contribution in [-0.2, 0) is 4.74 Å². The summed E-state index contributed by atoms with van der Waals surface area (Å²) in [6.45, 7) is 5.29. The number of piperidine rings is 2. The van der Waals surface area contributed by atoms with Gasteiger partial charge in [-0.2, -0.15) is 0 Å². The van der Waals surface area contributed by atoms with Crippen molar-refractivity contribution < 1.29 is 4.74 Å². The van der Waals surface area contributed by atoms with Crippen molar-refractivity contribution in [1.82, 2.24) is 9.80 Å². The standard InChI is InChI=1S/C11H22N2.C5H10O/c1-12-7-3-11(4-8-12)5-9-13(2)10-6-11;1-6-5-3-2-4-5/h3-10H2,1-2H3;5H,2-4H2,1H3. The third-order valence-corrected chi connectivity index (χ3v) is 5.48. The Kier molecular flexibility index (Phi) is 5.67. The third kappa shape index (κ3) is 4.44. The maximum Gasteiger partial charge on any atom is 0.0571 e. The molecule has 2 heterocycles. The van der Waals surface area contributed by atoms with Crippen molar-refractivity contribution >= 4 is 0 Å². The lowest BCUT2D eigenvalue weighted by atomic mass is 9.71. The van der Waals surface area contributed by atoms with Gasteiger partial charge < -0.3 is 14.5 Å². The number of hydrogen-bond donors (Lipinski definition) is 0. The molecule has 19 heavy (non-hydrogen) atoms. The second-order valence-corrected chi connectivity index (χ2v) is 6.90. The topological polar surface area (TPSA) is 15.7 Å². The Morgan fingerprint density at radius 1 is 0.842 bits per heavy atom. The average molecular weight is 268 g/mol. The summed E-state index contributed by atoms with van der Waals surface area (Å²) in [5, 5.41) is 0. The molecule has 0 N–H and O–H groups in total. The van der Waals surface area contributed by atoms with Gasteiger partial charge in [0.05, 0.1) is 6.10 Å². The highest BCUT2D eigenvalue weighted by Gasteiger charge is 2.35. The van der Waals surface area contributed by atoms with Gasteiger partial charge in [0.15, 0.2) is 0 Å². The van der Waals surface area contributed by atoms with E-state index in [1.807, 2.05) is 0 Å². The average Bonchev–Trinajstić information content (AvgIpc) is 2.36. The molecule has 3 rings (SSSR count). The minimum Gasteiger partial charge on any atom is -0.381 e. The molecular weight excluding hydrogens is 236 g/mol. The van der Waals surface area contributed by atoms with Crippen LogP contribution in [0.25, 0.3) is 0 Å². The summed E-state index contributed by atoms with van der Waals surface area (Å²) in [5.74, 6) is 0. The van der Waals surface area contributed by atoms with E-state index in [0.717, 1.165) is 5.41 Å². The Morgan fingerprint density at radius 3 is 1.47 bits per heavy atom. The summed E-state index contributed by atoms with van der Waals surface area (Å²) in [4.78, 5) is 4.95. The number of rotatable bonds is 1. The fourth-order valence-corrected chi connectivity index (χ4v) is 3.29. The van der Waals surface area contributed by atoms with Crippen LogP contribution in [0, 0.1) is 5.41 Å². The molecular formula is C16H32N2O. The van der Waals surface area contributed by atoms with Gasteiger partial charge >= 0.3 is 0 Å². The highest BCUT2D eigenvalue weighted by Crippen LogP contribution is 2.40. The normalized spacial score (nSPS) is 28.6. The lowest BCUT2D eigenvalue weighted by Crippen LogP contribution is -2.44. The van der Waals surface area contributed by atoms with E-state index in [-0.39, 0.29) is 0 Å². The fraction of sp³-hybridized carbons (Fsp3) is 1.00. The summed E-state index contributed by atoms with van der Waals surface area (Å²) in [7, 11) is 6.29. The highest BCUT2D eigenvalue weighted by molar-refractivity contribution is 4.89. The molecule has 3 aliphatic rings. The van der Waals surface area contributed by atoms with E-state index in [9.17, 15) is 0 Å². The van der Waals surface area contributed by atoms with Crippen molar-refractivity contribution in [2.45, 2.75) is 51.0 Å². The molecule has 0 radical (unpaired) electrons. The van der Waals surface area contributed by atoms with E-state index in [1.165, 1.54) is 71.1 Å². The van der Waals surface area contributed by atoms with Gasteiger partial charge in [-0.1, -0.05) is 0 Å². The van der Waals surface area contributed by atoms with Crippen molar-refractivity contribution in [2.24, 2.45) is 5.41 Å². The van der Waals surface area contributed by atoms with Crippen molar-refractivity contribution in [2.75, 3.05) is 47.4 Å². The zero-order valence-electron chi connectivity index (χ0n) is 13.2. The smallest absolute Gasteiger partial charge is 0.0571 e. The van der Waals surface area contributed by atoms with Crippen LogP contribution >= 0.6 is 0 Å². The quantitative estimate of drug-likeness (QED) is 0.727. The van der Waals surface area contributed by atoms with Gasteiger partial charge in [-0.25, -0.2) is 0 Å². The zero-order chi connectivity index (χ0) is 13.7.